The van der Waals surface area contributed by atoms with Gasteiger partial charge in [0.25, 0.3) is 0 Å². The van der Waals surface area contributed by atoms with E-state index in [1.54, 1.807) is 0 Å². The lowest BCUT2D eigenvalue weighted by Gasteiger charge is -2.34. The molecule has 4 unspecified atom stereocenters. The molecule has 1 aliphatic carbocycles. The Morgan fingerprint density at radius 1 is 1.10 bits per heavy atom. The molecule has 1 aromatic rings. The fraction of sp³-hybridized carbons (Fsp3) is 0.667. The van der Waals surface area contributed by atoms with Gasteiger partial charge in [-0.15, -0.1) is 0 Å². The van der Waals surface area contributed by atoms with E-state index in [1.807, 2.05) is 0 Å². The van der Waals surface area contributed by atoms with E-state index in [2.05, 4.69) is 42.6 Å². The van der Waals surface area contributed by atoms with Gasteiger partial charge in [-0.25, -0.2) is 0 Å². The summed E-state index contributed by atoms with van der Waals surface area (Å²) in [5.74, 6) is 1.40. The summed E-state index contributed by atoms with van der Waals surface area (Å²) in [6.45, 7) is 4.28. The number of ether oxygens (including phenoxy) is 1. The Bertz CT molecular complexity index is 405. The lowest BCUT2D eigenvalue weighted by Crippen LogP contribution is -2.40. The summed E-state index contributed by atoms with van der Waals surface area (Å²) in [5.41, 5.74) is 1.51. The minimum atomic E-state index is 0.432. The van der Waals surface area contributed by atoms with Crippen molar-refractivity contribution < 1.29 is 4.74 Å². The SMILES string of the molecule is CC1OCCC1CNC1CCCCC1c1ccccc1. The molecule has 1 saturated heterocycles. The maximum absolute atomic E-state index is 5.68. The van der Waals surface area contributed by atoms with Crippen LogP contribution in [-0.4, -0.2) is 25.3 Å². The van der Waals surface area contributed by atoms with E-state index in [-0.39, 0.29) is 0 Å². The van der Waals surface area contributed by atoms with Crippen LogP contribution in [0.3, 0.4) is 0 Å². The average molecular weight is 273 g/mol. The number of nitrogens with one attached hydrogen (secondary N) is 1. The second kappa shape index (κ2) is 6.73. The molecule has 0 bridgehead atoms. The predicted octanol–water partition coefficient (Wildman–Crippen LogP) is 3.73. The zero-order valence-corrected chi connectivity index (χ0v) is 12.6. The summed E-state index contributed by atoms with van der Waals surface area (Å²) in [5, 5.41) is 3.86. The normalized spacial score (nSPS) is 34.2. The van der Waals surface area contributed by atoms with Crippen LogP contribution in [0.4, 0.5) is 0 Å². The molecule has 0 radical (unpaired) electrons. The summed E-state index contributed by atoms with van der Waals surface area (Å²) < 4.78 is 5.68. The van der Waals surface area contributed by atoms with Crippen LogP contribution in [0, 0.1) is 5.92 Å². The van der Waals surface area contributed by atoms with Crippen molar-refractivity contribution in [3.05, 3.63) is 35.9 Å². The smallest absolute Gasteiger partial charge is 0.0588 e. The second-order valence-corrected chi connectivity index (χ2v) is 6.44. The molecule has 1 N–H and O–H groups in total. The highest BCUT2D eigenvalue weighted by molar-refractivity contribution is 5.22. The molecule has 1 aromatic carbocycles. The van der Waals surface area contributed by atoms with Gasteiger partial charge < -0.3 is 10.1 Å². The van der Waals surface area contributed by atoms with Crippen LogP contribution in [0.15, 0.2) is 30.3 Å². The van der Waals surface area contributed by atoms with Crippen LogP contribution in [0.5, 0.6) is 0 Å². The summed E-state index contributed by atoms with van der Waals surface area (Å²) in [4.78, 5) is 0. The summed E-state index contributed by atoms with van der Waals surface area (Å²) in [6.07, 6.45) is 7.05. The van der Waals surface area contributed by atoms with E-state index in [0.717, 1.165) is 13.2 Å². The van der Waals surface area contributed by atoms with Gasteiger partial charge in [-0.2, -0.15) is 0 Å². The lowest BCUT2D eigenvalue weighted by atomic mass is 9.80. The third kappa shape index (κ3) is 3.24. The molecule has 1 saturated carbocycles. The van der Waals surface area contributed by atoms with Gasteiger partial charge in [-0.1, -0.05) is 43.2 Å². The van der Waals surface area contributed by atoms with Crippen molar-refractivity contribution in [2.45, 2.75) is 57.1 Å². The van der Waals surface area contributed by atoms with Gasteiger partial charge in [-0.3, -0.25) is 0 Å². The zero-order valence-electron chi connectivity index (χ0n) is 12.6. The van der Waals surface area contributed by atoms with Crippen molar-refractivity contribution in [1.29, 1.82) is 0 Å². The largest absolute Gasteiger partial charge is 0.378 e. The molecule has 2 heteroatoms. The monoisotopic (exact) mass is 273 g/mol. The van der Waals surface area contributed by atoms with Crippen LogP contribution in [-0.2, 0) is 4.74 Å². The van der Waals surface area contributed by atoms with Gasteiger partial charge in [0.05, 0.1) is 6.10 Å². The van der Waals surface area contributed by atoms with Gasteiger partial charge in [0.2, 0.25) is 0 Å². The molecule has 4 atom stereocenters. The number of rotatable bonds is 4. The van der Waals surface area contributed by atoms with Crippen LogP contribution < -0.4 is 5.32 Å². The fourth-order valence-electron chi connectivity index (χ4n) is 3.82. The van der Waals surface area contributed by atoms with E-state index in [1.165, 1.54) is 37.7 Å². The van der Waals surface area contributed by atoms with Crippen molar-refractivity contribution in [2.24, 2.45) is 5.92 Å². The average Bonchev–Trinajstić information content (AvgIpc) is 2.92. The fourth-order valence-corrected chi connectivity index (χ4v) is 3.82. The van der Waals surface area contributed by atoms with Crippen LogP contribution in [0.2, 0.25) is 0 Å². The van der Waals surface area contributed by atoms with Crippen LogP contribution >= 0.6 is 0 Å². The Morgan fingerprint density at radius 3 is 2.65 bits per heavy atom. The molecule has 2 nitrogen and oxygen atoms in total. The minimum absolute atomic E-state index is 0.432. The van der Waals surface area contributed by atoms with Gasteiger partial charge in [-0.05, 0) is 43.6 Å². The third-order valence-electron chi connectivity index (χ3n) is 5.17. The van der Waals surface area contributed by atoms with E-state index in [9.17, 15) is 0 Å². The lowest BCUT2D eigenvalue weighted by molar-refractivity contribution is 0.104. The first kappa shape index (κ1) is 14.1. The molecule has 0 spiro atoms. The molecule has 20 heavy (non-hydrogen) atoms. The molecule has 110 valence electrons. The molecular formula is C18H27NO. The Hall–Kier alpha value is -0.860. The van der Waals surface area contributed by atoms with Crippen LogP contribution in [0.1, 0.15) is 50.5 Å². The van der Waals surface area contributed by atoms with Crippen molar-refractivity contribution in [3.8, 4) is 0 Å². The number of benzene rings is 1. The quantitative estimate of drug-likeness (QED) is 0.902. The zero-order chi connectivity index (χ0) is 13.8. The van der Waals surface area contributed by atoms with E-state index < -0.39 is 0 Å². The first-order valence-corrected chi connectivity index (χ1v) is 8.24. The maximum atomic E-state index is 5.68. The molecule has 2 aliphatic rings. The highest BCUT2D eigenvalue weighted by Crippen LogP contribution is 2.33. The van der Waals surface area contributed by atoms with Gasteiger partial charge in [0.1, 0.15) is 0 Å². The predicted molar refractivity (Wildman–Crippen MR) is 83.0 cm³/mol. The first-order valence-electron chi connectivity index (χ1n) is 8.24. The summed E-state index contributed by atoms with van der Waals surface area (Å²) in [7, 11) is 0. The van der Waals surface area contributed by atoms with Gasteiger partial charge >= 0.3 is 0 Å². The van der Waals surface area contributed by atoms with Crippen molar-refractivity contribution in [2.75, 3.05) is 13.2 Å². The Kier molecular flexibility index (Phi) is 4.74. The van der Waals surface area contributed by atoms with Crippen molar-refractivity contribution in [1.82, 2.24) is 5.32 Å². The van der Waals surface area contributed by atoms with E-state index in [4.69, 9.17) is 4.74 Å². The Balaban J connectivity index is 1.61. The second-order valence-electron chi connectivity index (χ2n) is 6.44. The maximum Gasteiger partial charge on any atom is 0.0588 e. The Labute approximate surface area is 122 Å². The van der Waals surface area contributed by atoms with E-state index in [0.29, 0.717) is 24.0 Å². The minimum Gasteiger partial charge on any atom is -0.378 e. The highest BCUT2D eigenvalue weighted by atomic mass is 16.5. The van der Waals surface area contributed by atoms with Crippen molar-refractivity contribution >= 4 is 0 Å². The molecule has 0 aromatic heterocycles. The molecule has 0 amide bonds. The van der Waals surface area contributed by atoms with Crippen molar-refractivity contribution in [3.63, 3.8) is 0 Å². The van der Waals surface area contributed by atoms with E-state index >= 15 is 0 Å². The topological polar surface area (TPSA) is 21.3 Å². The molecular weight excluding hydrogens is 246 g/mol. The summed E-state index contributed by atoms with van der Waals surface area (Å²) >= 11 is 0. The molecule has 2 fully saturated rings. The first-order chi connectivity index (χ1) is 9.84. The van der Waals surface area contributed by atoms with Crippen LogP contribution in [0.25, 0.3) is 0 Å². The van der Waals surface area contributed by atoms with Gasteiger partial charge in [0, 0.05) is 19.2 Å². The number of hydrogen-bond acceptors (Lipinski definition) is 2. The van der Waals surface area contributed by atoms with Gasteiger partial charge in [0.15, 0.2) is 0 Å². The molecule has 1 aliphatic heterocycles. The standard InChI is InChI=1S/C18H27NO/c1-14-16(11-12-20-14)13-19-18-10-6-5-9-17(18)15-7-3-2-4-8-15/h2-4,7-8,14,16-19H,5-6,9-13H2,1H3. The molecule has 1 heterocycles. The summed E-state index contributed by atoms with van der Waals surface area (Å²) in [6, 6.07) is 11.7. The number of hydrogen-bond donors (Lipinski definition) is 1. The molecule has 3 rings (SSSR count). The highest BCUT2D eigenvalue weighted by Gasteiger charge is 2.29. The third-order valence-corrected chi connectivity index (χ3v) is 5.17. The Morgan fingerprint density at radius 2 is 1.90 bits per heavy atom.